The van der Waals surface area contributed by atoms with Gasteiger partial charge in [-0.3, -0.25) is 4.79 Å². The molecule has 1 N–H and O–H groups in total. The van der Waals surface area contributed by atoms with Crippen molar-refractivity contribution in [1.82, 2.24) is 0 Å². The molecule has 3 aromatic carbocycles. The largest absolute Gasteiger partial charge is 0.352 e. The summed E-state index contributed by atoms with van der Waals surface area (Å²) in [6.07, 6.45) is 1.54. The van der Waals surface area contributed by atoms with Crippen LogP contribution in [0.4, 0.5) is 5.69 Å². The highest BCUT2D eigenvalue weighted by Gasteiger charge is 2.28. The number of allylic oxidation sites excluding steroid dienone is 2. The van der Waals surface area contributed by atoms with E-state index in [1.807, 2.05) is 52.0 Å². The fourth-order valence-electron chi connectivity index (χ4n) is 4.76. The topological polar surface area (TPSA) is 75.6 Å². The zero-order valence-corrected chi connectivity index (χ0v) is 21.1. The number of anilines is 1. The van der Waals surface area contributed by atoms with Gasteiger partial charge in [0.1, 0.15) is 0 Å². The highest BCUT2D eigenvalue weighted by Crippen LogP contribution is 2.30. The third-order valence-electron chi connectivity index (χ3n) is 5.99. The van der Waals surface area contributed by atoms with Crippen molar-refractivity contribution in [2.24, 2.45) is 4.40 Å². The highest BCUT2D eigenvalue weighted by atomic mass is 32.2. The maximum Gasteiger partial charge on any atom is 0.283 e. The van der Waals surface area contributed by atoms with Crippen molar-refractivity contribution in [2.75, 3.05) is 5.32 Å². The number of hydrogen-bond donors (Lipinski definition) is 1. The Morgan fingerprint density at radius 3 is 1.79 bits per heavy atom. The Hall–Kier alpha value is -3.51. The molecule has 1 aliphatic carbocycles. The van der Waals surface area contributed by atoms with E-state index < -0.39 is 10.0 Å². The third kappa shape index (κ3) is 4.33. The van der Waals surface area contributed by atoms with Crippen LogP contribution < -0.4 is 5.32 Å². The van der Waals surface area contributed by atoms with Crippen LogP contribution in [-0.4, -0.2) is 19.9 Å². The van der Waals surface area contributed by atoms with Crippen molar-refractivity contribution in [2.45, 2.75) is 46.4 Å². The first-order chi connectivity index (χ1) is 16.0. The molecule has 34 heavy (non-hydrogen) atoms. The summed E-state index contributed by atoms with van der Waals surface area (Å²) in [5.74, 6) is -0.200. The normalized spacial score (nSPS) is 14.7. The van der Waals surface area contributed by atoms with Crippen LogP contribution in [-0.2, 0) is 10.0 Å². The molecule has 174 valence electrons. The van der Waals surface area contributed by atoms with Crippen LogP contribution >= 0.6 is 0 Å². The highest BCUT2D eigenvalue weighted by molar-refractivity contribution is 7.90. The molecule has 0 saturated carbocycles. The number of carbonyl (C=O) groups is 1. The first-order valence-corrected chi connectivity index (χ1v) is 12.6. The summed E-state index contributed by atoms with van der Waals surface area (Å²) in [5, 5.41) is 3.26. The average Bonchev–Trinajstić information content (AvgIpc) is 2.72. The molecule has 0 heterocycles. The van der Waals surface area contributed by atoms with E-state index in [2.05, 4.69) is 9.71 Å². The molecule has 0 atom stereocenters. The van der Waals surface area contributed by atoms with Gasteiger partial charge in [0.2, 0.25) is 5.78 Å². The number of ketones is 1. The molecule has 0 spiro atoms. The third-order valence-corrected chi connectivity index (χ3v) is 7.59. The van der Waals surface area contributed by atoms with Crippen LogP contribution in [0.1, 0.15) is 49.3 Å². The van der Waals surface area contributed by atoms with Gasteiger partial charge in [0.05, 0.1) is 16.3 Å². The fourth-order valence-corrected chi connectivity index (χ4v) is 6.19. The Bertz CT molecular complexity index is 1470. The fraction of sp³-hybridized carbons (Fsp3) is 0.214. The van der Waals surface area contributed by atoms with Crippen molar-refractivity contribution in [1.29, 1.82) is 0 Å². The number of nitrogens with zero attached hydrogens (tertiary/aromatic N) is 1. The van der Waals surface area contributed by atoms with E-state index in [-0.39, 0.29) is 16.4 Å². The summed E-state index contributed by atoms with van der Waals surface area (Å²) in [6.45, 7) is 11.5. The Morgan fingerprint density at radius 2 is 1.24 bits per heavy atom. The molecule has 1 aliphatic rings. The van der Waals surface area contributed by atoms with E-state index in [0.717, 1.165) is 27.9 Å². The van der Waals surface area contributed by atoms with Gasteiger partial charge in [-0.2, -0.15) is 12.8 Å². The smallest absolute Gasteiger partial charge is 0.283 e. The Kier molecular flexibility index (Phi) is 6.04. The van der Waals surface area contributed by atoms with Crippen LogP contribution in [0.2, 0.25) is 0 Å². The maximum absolute atomic E-state index is 13.4. The Morgan fingerprint density at radius 1 is 0.735 bits per heavy atom. The predicted octanol–water partition coefficient (Wildman–Crippen LogP) is 5.91. The van der Waals surface area contributed by atoms with Crippen LogP contribution in [0.25, 0.3) is 0 Å². The maximum atomic E-state index is 13.4. The zero-order chi connectivity index (χ0) is 24.8. The standard InChI is InChI=1S/C28H28N2O3S/c1-16-11-18(3)26(19(4)12-16)29-25-15-24(22-9-7-8-10-23(22)27(25)31)30-34(32,33)28-20(5)13-17(2)14-21(28)6/h7-15,29H,1-6H3/b30-24+. The molecule has 0 radical (unpaired) electrons. The molecule has 3 aromatic rings. The van der Waals surface area contributed by atoms with Crippen LogP contribution in [0, 0.1) is 41.5 Å². The number of sulfonamides is 1. The molecule has 0 bridgehead atoms. The molecule has 0 aromatic heterocycles. The average molecular weight is 473 g/mol. The molecule has 5 nitrogen and oxygen atoms in total. The molecule has 0 fully saturated rings. The van der Waals surface area contributed by atoms with Gasteiger partial charge in [0.15, 0.2) is 0 Å². The van der Waals surface area contributed by atoms with Gasteiger partial charge < -0.3 is 5.32 Å². The van der Waals surface area contributed by atoms with Crippen molar-refractivity contribution in [3.05, 3.63) is 105 Å². The van der Waals surface area contributed by atoms with Crippen molar-refractivity contribution >= 4 is 27.2 Å². The van der Waals surface area contributed by atoms with E-state index in [1.165, 1.54) is 0 Å². The van der Waals surface area contributed by atoms with Crippen LogP contribution in [0.3, 0.4) is 0 Å². The van der Waals surface area contributed by atoms with E-state index in [9.17, 15) is 13.2 Å². The second-order valence-corrected chi connectivity index (χ2v) is 10.6. The first-order valence-electron chi connectivity index (χ1n) is 11.1. The zero-order valence-electron chi connectivity index (χ0n) is 20.3. The Balaban J connectivity index is 1.88. The van der Waals surface area contributed by atoms with Gasteiger partial charge in [0.25, 0.3) is 10.0 Å². The lowest BCUT2D eigenvalue weighted by molar-refractivity contribution is 0.103. The number of hydrogen-bond acceptors (Lipinski definition) is 4. The SMILES string of the molecule is Cc1cc(C)c(NC2=C/C(=N\S(=O)(=O)c3c(C)cc(C)cc3C)c3ccccc3C2=O)c(C)c1. The molecular formula is C28H28N2O3S. The van der Waals surface area contributed by atoms with E-state index in [1.54, 1.807) is 44.2 Å². The van der Waals surface area contributed by atoms with Crippen molar-refractivity contribution < 1.29 is 13.2 Å². The number of carbonyl (C=O) groups excluding carboxylic acids is 1. The molecule has 0 aliphatic heterocycles. The number of nitrogens with one attached hydrogen (secondary N) is 1. The second-order valence-electron chi connectivity index (χ2n) is 9.01. The van der Waals surface area contributed by atoms with E-state index in [0.29, 0.717) is 28.0 Å². The minimum Gasteiger partial charge on any atom is -0.352 e. The number of Topliss-reactive ketones (excluding diaryl/α,β-unsaturated/α-hetero) is 1. The minimum absolute atomic E-state index is 0.200. The monoisotopic (exact) mass is 472 g/mol. The first kappa shape index (κ1) is 23.6. The van der Waals surface area contributed by atoms with Gasteiger partial charge >= 0.3 is 0 Å². The lowest BCUT2D eigenvalue weighted by Gasteiger charge is -2.21. The number of rotatable bonds is 4. The van der Waals surface area contributed by atoms with Gasteiger partial charge in [-0.15, -0.1) is 0 Å². The summed E-state index contributed by atoms with van der Waals surface area (Å²) in [4.78, 5) is 13.5. The minimum atomic E-state index is -4.01. The summed E-state index contributed by atoms with van der Waals surface area (Å²) in [5.41, 5.74) is 7.70. The molecular weight excluding hydrogens is 444 g/mol. The van der Waals surface area contributed by atoms with Crippen LogP contribution in [0.5, 0.6) is 0 Å². The summed E-state index contributed by atoms with van der Waals surface area (Å²) >= 11 is 0. The van der Waals surface area contributed by atoms with Crippen LogP contribution in [0.15, 0.2) is 69.6 Å². The number of fused-ring (bicyclic) bond motifs is 1. The van der Waals surface area contributed by atoms with Gasteiger partial charge in [-0.1, -0.05) is 59.7 Å². The predicted molar refractivity (Wildman–Crippen MR) is 138 cm³/mol. The lowest BCUT2D eigenvalue weighted by Crippen LogP contribution is -2.23. The molecule has 0 saturated heterocycles. The van der Waals surface area contributed by atoms with Crippen molar-refractivity contribution in [3.8, 4) is 0 Å². The van der Waals surface area contributed by atoms with Crippen molar-refractivity contribution in [3.63, 3.8) is 0 Å². The summed E-state index contributed by atoms with van der Waals surface area (Å²) in [6, 6.07) is 14.7. The number of benzene rings is 3. The van der Waals surface area contributed by atoms with Gasteiger partial charge in [-0.05, 0) is 69.9 Å². The molecule has 0 amide bonds. The molecule has 0 unspecified atom stereocenters. The van der Waals surface area contributed by atoms with E-state index in [4.69, 9.17) is 0 Å². The summed E-state index contributed by atoms with van der Waals surface area (Å²) in [7, 11) is -4.01. The quantitative estimate of drug-likeness (QED) is 0.512. The number of aryl methyl sites for hydroxylation is 6. The van der Waals surface area contributed by atoms with Gasteiger partial charge in [-0.25, -0.2) is 0 Å². The molecule has 4 rings (SSSR count). The second kappa shape index (κ2) is 8.69. The van der Waals surface area contributed by atoms with E-state index >= 15 is 0 Å². The van der Waals surface area contributed by atoms with Gasteiger partial charge in [0, 0.05) is 16.8 Å². The lowest BCUT2D eigenvalue weighted by atomic mass is 9.92. The summed E-state index contributed by atoms with van der Waals surface area (Å²) < 4.78 is 31.1. The molecule has 6 heteroatoms. The Labute approximate surface area is 201 Å².